The second kappa shape index (κ2) is 17.1. The van der Waals surface area contributed by atoms with Gasteiger partial charge in [0.25, 0.3) is 11.5 Å². The summed E-state index contributed by atoms with van der Waals surface area (Å²) >= 11 is 0. The third kappa shape index (κ3) is 8.97. The van der Waals surface area contributed by atoms with Crippen LogP contribution in [0.2, 0.25) is 0 Å². The summed E-state index contributed by atoms with van der Waals surface area (Å²) in [6, 6.07) is 27.1. The molecule has 0 fully saturated rings. The molecule has 0 aliphatic heterocycles. The molecule has 13 nitrogen and oxygen atoms in total. The highest BCUT2D eigenvalue weighted by molar-refractivity contribution is 6.05. The number of amides is 1. The highest BCUT2D eigenvalue weighted by Crippen LogP contribution is 2.33. The van der Waals surface area contributed by atoms with Crippen molar-refractivity contribution in [1.82, 2.24) is 14.3 Å². The van der Waals surface area contributed by atoms with Crippen molar-refractivity contribution in [3.05, 3.63) is 142 Å². The van der Waals surface area contributed by atoms with E-state index in [0.29, 0.717) is 39.3 Å². The molecule has 2 heterocycles. The van der Waals surface area contributed by atoms with E-state index in [1.165, 1.54) is 23.7 Å². The van der Waals surface area contributed by atoms with Crippen molar-refractivity contribution in [2.75, 3.05) is 12.4 Å². The van der Waals surface area contributed by atoms with Crippen LogP contribution in [0, 0.1) is 12.7 Å². The summed E-state index contributed by atoms with van der Waals surface area (Å²) in [7, 11) is 1.55. The van der Waals surface area contributed by atoms with Crippen LogP contribution in [-0.2, 0) is 16.1 Å². The van der Waals surface area contributed by atoms with Crippen LogP contribution in [0.3, 0.4) is 0 Å². The molecule has 0 radical (unpaired) electrons. The summed E-state index contributed by atoms with van der Waals surface area (Å²) < 4.78 is 34.6. The van der Waals surface area contributed by atoms with Gasteiger partial charge in [-0.25, -0.2) is 13.9 Å². The van der Waals surface area contributed by atoms with Crippen LogP contribution in [-0.4, -0.2) is 56.6 Å². The van der Waals surface area contributed by atoms with Crippen LogP contribution < -0.4 is 26.1 Å². The minimum Gasteiger partial charge on any atom is -0.497 e. The zero-order chi connectivity index (χ0) is 38.9. The lowest BCUT2D eigenvalue weighted by atomic mass is 10.2. The third-order valence-electron chi connectivity index (χ3n) is 8.08. The number of carboxylic acids is 1. The summed E-state index contributed by atoms with van der Waals surface area (Å²) in [5, 5.41) is 11.7. The monoisotopic (exact) mass is 735 g/mol. The lowest BCUT2D eigenvalue weighted by Crippen LogP contribution is -2.34. The minimum atomic E-state index is -0.879. The van der Waals surface area contributed by atoms with E-state index >= 15 is 4.39 Å². The summed E-state index contributed by atoms with van der Waals surface area (Å²) in [5.74, 6) is -1.99. The maximum atomic E-state index is 15.2. The Morgan fingerprint density at radius 1 is 0.926 bits per heavy atom. The van der Waals surface area contributed by atoms with Gasteiger partial charge in [-0.1, -0.05) is 36.4 Å². The number of pyridine rings is 1. The van der Waals surface area contributed by atoms with Gasteiger partial charge in [0.1, 0.15) is 29.2 Å². The molecule has 14 heteroatoms. The van der Waals surface area contributed by atoms with Crippen molar-refractivity contribution in [3.63, 3.8) is 0 Å². The highest BCUT2D eigenvalue weighted by atomic mass is 19.1. The molecule has 0 saturated heterocycles. The number of para-hydroxylation sites is 1. The fraction of sp³-hybridized carbons (Fsp3) is 0.175. The molecular weight excluding hydrogens is 697 g/mol. The predicted octanol–water partition coefficient (Wildman–Crippen LogP) is 6.35. The lowest BCUT2D eigenvalue weighted by Gasteiger charge is -2.19. The van der Waals surface area contributed by atoms with Crippen LogP contribution in [0.4, 0.5) is 10.1 Å². The molecular formula is C40H38FN5O8. The number of carboxylic acid groups (broad SMARTS) is 1. The average Bonchev–Trinajstić information content (AvgIpc) is 3.41. The number of carbonyl (C=O) groups excluding carboxylic acids is 2. The SMILES string of the molecule is COc1ccc2c(Oc3ccc(NC(=O)c4c(C)n(C[C@@H](C)OC(=O)[C@H](C)N)n(-c5ccccc5)c4=O)cc3F)ccnc2c1.O=C(O)c1ccccc1. The molecule has 0 saturated carbocycles. The fourth-order valence-electron chi connectivity index (χ4n) is 5.41. The van der Waals surface area contributed by atoms with Crippen LogP contribution in [0.15, 0.2) is 114 Å². The molecule has 2 aromatic heterocycles. The van der Waals surface area contributed by atoms with E-state index < -0.39 is 41.4 Å². The first kappa shape index (κ1) is 38.4. The van der Waals surface area contributed by atoms with Crippen LogP contribution >= 0.6 is 0 Å². The van der Waals surface area contributed by atoms with Crippen molar-refractivity contribution in [3.8, 4) is 22.9 Å². The number of hydrogen-bond donors (Lipinski definition) is 3. The normalized spacial score (nSPS) is 11.8. The summed E-state index contributed by atoms with van der Waals surface area (Å²) in [6.07, 6.45) is 0.880. The van der Waals surface area contributed by atoms with Crippen LogP contribution in [0.5, 0.6) is 17.2 Å². The van der Waals surface area contributed by atoms with E-state index in [0.717, 1.165) is 6.07 Å². The van der Waals surface area contributed by atoms with E-state index in [9.17, 15) is 19.2 Å². The molecule has 6 aromatic rings. The van der Waals surface area contributed by atoms with Crippen LogP contribution in [0.25, 0.3) is 16.6 Å². The fourth-order valence-corrected chi connectivity index (χ4v) is 5.41. The Kier molecular flexibility index (Phi) is 12.2. The Morgan fingerprint density at radius 3 is 2.22 bits per heavy atom. The standard InChI is InChI=1S/C33H32FN5O6.C7H6O2/c1-19(44-33(42)20(2)35)18-38-21(3)30(32(41)39(38)23-8-6-5-7-9-23)31(40)37-22-10-13-29(26(34)16-22)45-28-14-15-36-27-17-24(43-4)11-12-25(27)28;8-7(9)6-4-2-1-3-5-6/h5-17,19-20H,18,35H2,1-4H3,(H,37,40);1-5H,(H,8,9)/t19-,20+;/m1./s1. The highest BCUT2D eigenvalue weighted by Gasteiger charge is 2.26. The van der Waals surface area contributed by atoms with E-state index in [1.54, 1.807) is 117 Å². The van der Waals surface area contributed by atoms with E-state index in [4.69, 9.17) is 25.1 Å². The zero-order valence-corrected chi connectivity index (χ0v) is 29.9. The Balaban J connectivity index is 0.000000546. The number of carbonyl (C=O) groups is 3. The second-order valence-electron chi connectivity index (χ2n) is 12.1. The molecule has 54 heavy (non-hydrogen) atoms. The molecule has 0 aliphatic carbocycles. The Labute approximate surface area is 309 Å². The molecule has 0 unspecified atom stereocenters. The van der Waals surface area contributed by atoms with Gasteiger partial charge in [-0.05, 0) is 75.4 Å². The van der Waals surface area contributed by atoms with Crippen molar-refractivity contribution < 1.29 is 38.1 Å². The molecule has 0 aliphatic rings. The number of hydrogen-bond acceptors (Lipinski definition) is 9. The number of halogens is 1. The predicted molar refractivity (Wildman–Crippen MR) is 200 cm³/mol. The van der Waals surface area contributed by atoms with Gasteiger partial charge < -0.3 is 30.4 Å². The summed E-state index contributed by atoms with van der Waals surface area (Å²) in [5.41, 5.74) is 6.78. The average molecular weight is 736 g/mol. The number of fused-ring (bicyclic) bond motifs is 1. The molecule has 278 valence electrons. The number of nitrogens with one attached hydrogen (secondary N) is 1. The number of ether oxygens (including phenoxy) is 3. The largest absolute Gasteiger partial charge is 0.497 e. The topological polar surface area (TPSA) is 177 Å². The number of rotatable bonds is 11. The number of aromatic nitrogens is 3. The second-order valence-corrected chi connectivity index (χ2v) is 12.1. The van der Waals surface area contributed by atoms with E-state index in [-0.39, 0.29) is 23.5 Å². The van der Waals surface area contributed by atoms with E-state index in [2.05, 4.69) is 10.3 Å². The molecule has 6 rings (SSSR count). The number of esters is 1. The van der Waals surface area contributed by atoms with E-state index in [1.807, 2.05) is 0 Å². The summed E-state index contributed by atoms with van der Waals surface area (Å²) in [4.78, 5) is 53.7. The maximum absolute atomic E-state index is 15.2. The van der Waals surface area contributed by atoms with Gasteiger partial charge in [0.2, 0.25) is 0 Å². The first-order valence-corrected chi connectivity index (χ1v) is 16.7. The zero-order valence-electron chi connectivity index (χ0n) is 29.9. The third-order valence-corrected chi connectivity index (χ3v) is 8.08. The summed E-state index contributed by atoms with van der Waals surface area (Å²) in [6.45, 7) is 4.86. The van der Waals surface area contributed by atoms with Crippen molar-refractivity contribution in [1.29, 1.82) is 0 Å². The molecule has 0 bridgehead atoms. The minimum absolute atomic E-state index is 0.0683. The molecule has 4 aromatic carbocycles. The molecule has 4 N–H and O–H groups in total. The number of benzene rings is 4. The van der Waals surface area contributed by atoms with Crippen molar-refractivity contribution >= 4 is 34.4 Å². The maximum Gasteiger partial charge on any atom is 0.335 e. The quantitative estimate of drug-likeness (QED) is 0.127. The number of anilines is 1. The Bertz CT molecular complexity index is 2340. The van der Waals surface area contributed by atoms with Gasteiger partial charge in [0.15, 0.2) is 11.6 Å². The van der Waals surface area contributed by atoms with Gasteiger partial charge in [-0.2, -0.15) is 0 Å². The number of nitrogens with zero attached hydrogens (tertiary/aromatic N) is 3. The number of methoxy groups -OCH3 is 1. The molecule has 2 atom stereocenters. The number of aromatic carboxylic acids is 1. The van der Waals surface area contributed by atoms with Crippen LogP contribution in [0.1, 0.15) is 40.3 Å². The molecule has 1 amide bonds. The first-order chi connectivity index (χ1) is 25.9. The van der Waals surface area contributed by atoms with Gasteiger partial charge >= 0.3 is 11.9 Å². The molecule has 0 spiro atoms. The van der Waals surface area contributed by atoms with Crippen molar-refractivity contribution in [2.45, 2.75) is 39.5 Å². The Morgan fingerprint density at radius 2 is 1.61 bits per heavy atom. The van der Waals surface area contributed by atoms with Crippen molar-refractivity contribution in [2.24, 2.45) is 5.73 Å². The van der Waals surface area contributed by atoms with Gasteiger partial charge in [0, 0.05) is 29.4 Å². The smallest absolute Gasteiger partial charge is 0.335 e. The van der Waals surface area contributed by atoms with Gasteiger partial charge in [-0.3, -0.25) is 24.0 Å². The number of nitrogens with two attached hydrogens (primary N) is 1. The lowest BCUT2D eigenvalue weighted by molar-refractivity contribution is -0.150. The first-order valence-electron chi connectivity index (χ1n) is 16.7. The Hall–Kier alpha value is -6.80. The van der Waals surface area contributed by atoms with Gasteiger partial charge in [0.05, 0.1) is 36.1 Å². The van der Waals surface area contributed by atoms with Gasteiger partial charge in [-0.15, -0.1) is 0 Å².